The number of rotatable bonds is 63. The fraction of sp³-hybridized carbons (Fsp3) is 0.957. The Morgan fingerprint density at radius 1 is 0.263 bits per heavy atom. The van der Waals surface area contributed by atoms with Crippen LogP contribution in [0.15, 0.2) is 0 Å². The number of hydrogen-bond donors (Lipinski definition) is 0. The van der Waals surface area contributed by atoms with E-state index in [9.17, 15) is 14.4 Å². The molecule has 0 spiro atoms. The molecule has 0 N–H and O–H groups in total. The van der Waals surface area contributed by atoms with E-state index in [4.69, 9.17) is 14.2 Å². The van der Waals surface area contributed by atoms with E-state index in [-0.39, 0.29) is 31.1 Å². The van der Waals surface area contributed by atoms with Gasteiger partial charge in [0.05, 0.1) is 0 Å². The van der Waals surface area contributed by atoms with Crippen molar-refractivity contribution in [2.75, 3.05) is 13.2 Å². The number of esters is 3. The van der Waals surface area contributed by atoms with E-state index in [0.29, 0.717) is 19.3 Å². The third kappa shape index (κ3) is 60.1. The number of hydrogen-bond acceptors (Lipinski definition) is 6. The van der Waals surface area contributed by atoms with Gasteiger partial charge in [0, 0.05) is 19.3 Å². The Bertz CT molecular complexity index is 1180. The Balaban J connectivity index is 4.25. The molecule has 0 aliphatic heterocycles. The lowest BCUT2D eigenvalue weighted by Gasteiger charge is -2.18. The maximum Gasteiger partial charge on any atom is 0.306 e. The van der Waals surface area contributed by atoms with E-state index >= 15 is 0 Å². The van der Waals surface area contributed by atoms with Gasteiger partial charge in [0.2, 0.25) is 0 Å². The maximum atomic E-state index is 12.9. The monoisotopic (exact) mass is 1070 g/mol. The molecule has 0 bridgehead atoms. The zero-order valence-electron chi connectivity index (χ0n) is 52.6. The highest BCUT2D eigenvalue weighted by atomic mass is 16.6. The largest absolute Gasteiger partial charge is 0.462 e. The molecule has 0 aliphatic rings. The van der Waals surface area contributed by atoms with Crippen LogP contribution < -0.4 is 0 Å². The predicted octanol–water partition coefficient (Wildman–Crippen LogP) is 23.4. The van der Waals surface area contributed by atoms with Gasteiger partial charge in [-0.2, -0.15) is 0 Å². The van der Waals surface area contributed by atoms with Gasteiger partial charge in [-0.1, -0.05) is 356 Å². The second-order valence-corrected chi connectivity index (χ2v) is 25.1. The Morgan fingerprint density at radius 3 is 0.684 bits per heavy atom. The number of carbonyl (C=O) groups is 3. The van der Waals surface area contributed by atoms with Crippen molar-refractivity contribution in [1.82, 2.24) is 0 Å². The second kappa shape index (κ2) is 61.0. The minimum absolute atomic E-state index is 0.0621. The molecule has 0 amide bonds. The van der Waals surface area contributed by atoms with Crippen molar-refractivity contribution in [1.29, 1.82) is 0 Å². The molecular weight excluding hydrogens is 937 g/mol. The molecule has 0 saturated carbocycles. The average molecular weight is 1070 g/mol. The number of unbranched alkanes of at least 4 members (excludes halogenated alkanes) is 44. The Morgan fingerprint density at radius 2 is 0.461 bits per heavy atom. The fourth-order valence-corrected chi connectivity index (χ4v) is 10.9. The van der Waals surface area contributed by atoms with Crippen LogP contribution in [0.4, 0.5) is 0 Å². The number of carbonyl (C=O) groups excluding carboxylic acids is 3. The lowest BCUT2D eigenvalue weighted by molar-refractivity contribution is -0.167. The molecule has 0 aliphatic carbocycles. The summed E-state index contributed by atoms with van der Waals surface area (Å²) in [7, 11) is 0. The first-order chi connectivity index (χ1) is 37.2. The molecule has 76 heavy (non-hydrogen) atoms. The van der Waals surface area contributed by atoms with Crippen LogP contribution >= 0.6 is 0 Å². The standard InChI is InChI=1S/C70H136O6/c1-7-65(5)57-51-45-39-33-27-21-17-13-9-11-15-19-23-29-35-41-47-53-59-68(71)74-62-67(63-75-69(72)60-54-48-42-36-31-25-26-32-38-44-50-56-64(3)4)76-70(73)61-55-49-43-37-30-24-20-16-12-10-14-18-22-28-34-40-46-52-58-66(6)8-2/h64-67H,7-63H2,1-6H3/t65?,66?,67-/m0/s1. The summed E-state index contributed by atoms with van der Waals surface area (Å²) in [5, 5.41) is 0. The van der Waals surface area contributed by atoms with E-state index in [1.165, 1.54) is 276 Å². The van der Waals surface area contributed by atoms with Gasteiger partial charge in [0.25, 0.3) is 0 Å². The Labute approximate surface area is 476 Å². The molecular formula is C70H136O6. The summed E-state index contributed by atoms with van der Waals surface area (Å²) in [5.74, 6) is 1.81. The van der Waals surface area contributed by atoms with E-state index in [2.05, 4.69) is 41.5 Å². The van der Waals surface area contributed by atoms with Gasteiger partial charge in [-0.25, -0.2) is 0 Å². The predicted molar refractivity (Wildman–Crippen MR) is 330 cm³/mol. The van der Waals surface area contributed by atoms with Crippen LogP contribution in [0.2, 0.25) is 0 Å². The highest BCUT2D eigenvalue weighted by Crippen LogP contribution is 2.20. The first kappa shape index (κ1) is 74.4. The molecule has 0 aromatic heterocycles. The van der Waals surface area contributed by atoms with Crippen molar-refractivity contribution in [3.8, 4) is 0 Å². The fourth-order valence-electron chi connectivity index (χ4n) is 10.9. The van der Waals surface area contributed by atoms with Crippen molar-refractivity contribution in [3.63, 3.8) is 0 Å². The molecule has 2 unspecified atom stereocenters. The first-order valence-corrected chi connectivity index (χ1v) is 34.7. The van der Waals surface area contributed by atoms with Crippen molar-refractivity contribution >= 4 is 17.9 Å². The topological polar surface area (TPSA) is 78.9 Å². The van der Waals surface area contributed by atoms with Crippen LogP contribution in [-0.2, 0) is 28.6 Å². The van der Waals surface area contributed by atoms with Gasteiger partial charge in [-0.3, -0.25) is 14.4 Å². The summed E-state index contributed by atoms with van der Waals surface area (Å²) >= 11 is 0. The zero-order valence-corrected chi connectivity index (χ0v) is 52.6. The molecule has 0 aromatic carbocycles. The SMILES string of the molecule is CCC(C)CCCCCCCCCCCCCCCCCCCCC(=O)OC[C@@H](COC(=O)CCCCCCCCCCCCCC(C)C)OC(=O)CCCCCCCCCCCCCCCCCCCCC(C)CC. The van der Waals surface area contributed by atoms with Gasteiger partial charge in [-0.15, -0.1) is 0 Å². The molecule has 3 atom stereocenters. The zero-order chi connectivity index (χ0) is 55.5. The molecule has 0 rings (SSSR count). The van der Waals surface area contributed by atoms with E-state index in [1.807, 2.05) is 0 Å². The number of ether oxygens (including phenoxy) is 3. The van der Waals surface area contributed by atoms with Crippen LogP contribution in [0.25, 0.3) is 0 Å². The summed E-state index contributed by atoms with van der Waals surface area (Å²) in [6.45, 7) is 13.9. The highest BCUT2D eigenvalue weighted by Gasteiger charge is 2.20. The lowest BCUT2D eigenvalue weighted by Crippen LogP contribution is -2.30. The van der Waals surface area contributed by atoms with Crippen molar-refractivity contribution < 1.29 is 28.6 Å². The average Bonchev–Trinajstić information content (AvgIpc) is 3.41. The third-order valence-corrected chi connectivity index (χ3v) is 16.9. The van der Waals surface area contributed by atoms with Crippen molar-refractivity contribution in [3.05, 3.63) is 0 Å². The van der Waals surface area contributed by atoms with Gasteiger partial charge < -0.3 is 14.2 Å². The normalized spacial score (nSPS) is 12.8. The second-order valence-electron chi connectivity index (χ2n) is 25.1. The lowest BCUT2D eigenvalue weighted by atomic mass is 9.99. The summed E-state index contributed by atoms with van der Waals surface area (Å²) in [6, 6.07) is 0. The van der Waals surface area contributed by atoms with E-state index in [0.717, 1.165) is 75.5 Å². The van der Waals surface area contributed by atoms with Gasteiger partial charge >= 0.3 is 17.9 Å². The summed E-state index contributed by atoms with van der Waals surface area (Å²) in [6.07, 6.45) is 68.2. The maximum absolute atomic E-state index is 12.9. The van der Waals surface area contributed by atoms with Crippen LogP contribution in [0, 0.1) is 17.8 Å². The minimum Gasteiger partial charge on any atom is -0.462 e. The molecule has 6 heteroatoms. The van der Waals surface area contributed by atoms with Gasteiger partial charge in [-0.05, 0) is 37.0 Å². The molecule has 0 radical (unpaired) electrons. The Kier molecular flexibility index (Phi) is 59.8. The van der Waals surface area contributed by atoms with Crippen LogP contribution in [0.3, 0.4) is 0 Å². The molecule has 0 fully saturated rings. The van der Waals surface area contributed by atoms with Crippen LogP contribution in [-0.4, -0.2) is 37.2 Å². The Hall–Kier alpha value is -1.59. The molecule has 6 nitrogen and oxygen atoms in total. The minimum atomic E-state index is -0.765. The molecule has 0 aromatic rings. The molecule has 452 valence electrons. The smallest absolute Gasteiger partial charge is 0.306 e. The third-order valence-electron chi connectivity index (χ3n) is 16.9. The van der Waals surface area contributed by atoms with Crippen molar-refractivity contribution in [2.24, 2.45) is 17.8 Å². The van der Waals surface area contributed by atoms with Gasteiger partial charge in [0.15, 0.2) is 6.10 Å². The molecule has 0 saturated heterocycles. The van der Waals surface area contributed by atoms with E-state index in [1.54, 1.807) is 0 Å². The van der Waals surface area contributed by atoms with E-state index < -0.39 is 6.10 Å². The molecule has 0 heterocycles. The summed E-state index contributed by atoms with van der Waals surface area (Å²) < 4.78 is 17.0. The summed E-state index contributed by atoms with van der Waals surface area (Å²) in [4.78, 5) is 38.4. The summed E-state index contributed by atoms with van der Waals surface area (Å²) in [5.41, 5.74) is 0. The van der Waals surface area contributed by atoms with Crippen LogP contribution in [0.5, 0.6) is 0 Å². The van der Waals surface area contributed by atoms with Crippen LogP contribution in [0.1, 0.15) is 395 Å². The highest BCUT2D eigenvalue weighted by molar-refractivity contribution is 5.71. The first-order valence-electron chi connectivity index (χ1n) is 34.7. The quantitative estimate of drug-likeness (QED) is 0.0343. The van der Waals surface area contributed by atoms with Gasteiger partial charge in [0.1, 0.15) is 13.2 Å². The van der Waals surface area contributed by atoms with Crippen molar-refractivity contribution in [2.45, 2.75) is 401 Å².